The molecule has 0 aliphatic carbocycles. The molecule has 1 amide bonds. The molecule has 0 saturated heterocycles. The van der Waals surface area contributed by atoms with Crippen molar-refractivity contribution in [2.75, 3.05) is 5.32 Å². The lowest BCUT2D eigenvalue weighted by molar-refractivity contribution is -0.124. The fourth-order valence-electron chi connectivity index (χ4n) is 2.03. The summed E-state index contributed by atoms with van der Waals surface area (Å²) in [5.74, 6) is -1.14. The summed E-state index contributed by atoms with van der Waals surface area (Å²) in [6, 6.07) is 6.56. The monoisotopic (exact) mass is 340 g/mol. The van der Waals surface area contributed by atoms with Gasteiger partial charge < -0.3 is 16.6 Å². The van der Waals surface area contributed by atoms with Crippen LogP contribution in [0.15, 0.2) is 35.2 Å². The van der Waals surface area contributed by atoms with E-state index in [9.17, 15) is 27.7 Å². The lowest BCUT2D eigenvalue weighted by Crippen LogP contribution is -2.14. The fourth-order valence-corrected chi connectivity index (χ4v) is 2.76. The van der Waals surface area contributed by atoms with Crippen LogP contribution in [0, 0.1) is 0 Å². The highest BCUT2D eigenvalue weighted by Crippen LogP contribution is 2.30. The summed E-state index contributed by atoms with van der Waals surface area (Å²) in [5, 5.41) is 12.5. The second-order valence-corrected chi connectivity index (χ2v) is 6.17. The van der Waals surface area contributed by atoms with Gasteiger partial charge in [0.15, 0.2) is 0 Å². The van der Waals surface area contributed by atoms with Crippen LogP contribution in [-0.4, -0.2) is 29.8 Å². The third kappa shape index (κ3) is 4.49. The Balaban J connectivity index is 0.00000264. The van der Waals surface area contributed by atoms with Crippen molar-refractivity contribution in [1.29, 1.82) is 0 Å². The van der Waals surface area contributed by atoms with Crippen molar-refractivity contribution in [3.05, 3.63) is 30.3 Å². The van der Waals surface area contributed by atoms with Gasteiger partial charge in [0.2, 0.25) is 5.91 Å². The SMILES string of the molecule is CC(=O)CC(=O)Nc1ccc2cc(O)cc(S(=O)(=O)O)c2c1.N. The van der Waals surface area contributed by atoms with E-state index >= 15 is 0 Å². The molecule has 2 aromatic rings. The van der Waals surface area contributed by atoms with E-state index in [2.05, 4.69) is 5.32 Å². The molecule has 0 radical (unpaired) electrons. The van der Waals surface area contributed by atoms with Crippen LogP contribution >= 0.6 is 0 Å². The Morgan fingerprint density at radius 3 is 2.39 bits per heavy atom. The fraction of sp³-hybridized carbons (Fsp3) is 0.143. The van der Waals surface area contributed by atoms with E-state index in [0.29, 0.717) is 5.39 Å². The highest BCUT2D eigenvalue weighted by Gasteiger charge is 2.16. The van der Waals surface area contributed by atoms with Crippen LogP contribution in [0.25, 0.3) is 10.8 Å². The van der Waals surface area contributed by atoms with Crippen LogP contribution in [0.2, 0.25) is 0 Å². The van der Waals surface area contributed by atoms with Crippen LogP contribution in [0.3, 0.4) is 0 Å². The highest BCUT2D eigenvalue weighted by molar-refractivity contribution is 7.86. The summed E-state index contributed by atoms with van der Waals surface area (Å²) in [7, 11) is -4.54. The number of aromatic hydroxyl groups is 1. The minimum Gasteiger partial charge on any atom is -0.508 e. The molecular weight excluding hydrogens is 324 g/mol. The number of hydrogen-bond donors (Lipinski definition) is 4. The van der Waals surface area contributed by atoms with Gasteiger partial charge in [-0.2, -0.15) is 8.42 Å². The molecule has 0 bridgehead atoms. The first kappa shape index (κ1) is 18.6. The number of ketones is 1. The van der Waals surface area contributed by atoms with Gasteiger partial charge in [-0.1, -0.05) is 6.07 Å². The zero-order chi connectivity index (χ0) is 16.5. The molecule has 2 rings (SSSR count). The number of carbonyl (C=O) groups is 2. The number of phenolic OH excluding ortho intramolecular Hbond substituents is 1. The van der Waals surface area contributed by atoms with Crippen molar-refractivity contribution in [2.45, 2.75) is 18.2 Å². The zero-order valence-corrected chi connectivity index (χ0v) is 13.1. The maximum Gasteiger partial charge on any atom is 0.295 e. The van der Waals surface area contributed by atoms with E-state index in [4.69, 9.17) is 0 Å². The first-order valence-corrected chi connectivity index (χ1v) is 7.64. The largest absolute Gasteiger partial charge is 0.508 e. The molecule has 0 spiro atoms. The summed E-state index contributed by atoms with van der Waals surface area (Å²) in [6.07, 6.45) is -0.293. The van der Waals surface area contributed by atoms with E-state index in [0.717, 1.165) is 6.07 Å². The molecule has 0 fully saturated rings. The number of hydrogen-bond acceptors (Lipinski definition) is 6. The van der Waals surface area contributed by atoms with Crippen LogP contribution in [-0.2, 0) is 19.7 Å². The summed E-state index contributed by atoms with van der Waals surface area (Å²) in [5.41, 5.74) is 0.273. The molecular formula is C14H16N2O6S. The van der Waals surface area contributed by atoms with Gasteiger partial charge in [0.1, 0.15) is 16.4 Å². The second kappa shape index (κ2) is 6.73. The lowest BCUT2D eigenvalue weighted by atomic mass is 10.1. The average molecular weight is 340 g/mol. The predicted octanol–water partition coefficient (Wildman–Crippen LogP) is 1.87. The maximum absolute atomic E-state index is 11.6. The number of benzene rings is 2. The van der Waals surface area contributed by atoms with Crippen molar-refractivity contribution >= 4 is 38.3 Å². The molecule has 9 heteroatoms. The van der Waals surface area contributed by atoms with E-state index in [1.807, 2.05) is 0 Å². The molecule has 0 aromatic heterocycles. The number of fused-ring (bicyclic) bond motifs is 1. The molecule has 2 aromatic carbocycles. The van der Waals surface area contributed by atoms with Crippen molar-refractivity contribution in [1.82, 2.24) is 6.15 Å². The van der Waals surface area contributed by atoms with Crippen molar-refractivity contribution in [2.24, 2.45) is 0 Å². The molecule has 23 heavy (non-hydrogen) atoms. The van der Waals surface area contributed by atoms with Gasteiger partial charge in [-0.3, -0.25) is 14.1 Å². The Bertz CT molecular complexity index is 876. The smallest absolute Gasteiger partial charge is 0.295 e. The minimum absolute atomic E-state index is 0. The van der Waals surface area contributed by atoms with Crippen LogP contribution < -0.4 is 11.5 Å². The quantitative estimate of drug-likeness (QED) is 0.489. The topological polar surface area (TPSA) is 156 Å². The minimum atomic E-state index is -4.54. The molecule has 0 unspecified atom stereocenters. The molecule has 8 nitrogen and oxygen atoms in total. The number of Topliss-reactive ketones (excluding diaryl/α,β-unsaturated/α-hetero) is 1. The zero-order valence-electron chi connectivity index (χ0n) is 12.2. The van der Waals surface area contributed by atoms with E-state index < -0.39 is 20.9 Å². The van der Waals surface area contributed by atoms with Gasteiger partial charge in [-0.15, -0.1) is 0 Å². The average Bonchev–Trinajstić information content (AvgIpc) is 2.36. The lowest BCUT2D eigenvalue weighted by Gasteiger charge is -2.09. The summed E-state index contributed by atoms with van der Waals surface area (Å²) >= 11 is 0. The second-order valence-electron chi connectivity index (χ2n) is 4.78. The van der Waals surface area contributed by atoms with Crippen LogP contribution in [0.4, 0.5) is 5.69 Å². The van der Waals surface area contributed by atoms with Crippen LogP contribution in [0.5, 0.6) is 5.75 Å². The Kier molecular flexibility index (Phi) is 5.43. The Morgan fingerprint density at radius 2 is 1.83 bits per heavy atom. The standard InChI is InChI=1S/C14H13NO6S.H3N/c1-8(16)4-14(18)15-10-3-2-9-5-11(17)7-13(12(9)6-10)22(19,20)21;/h2-3,5-7,17H,4H2,1H3,(H,15,18)(H,19,20,21);1H3. The number of phenols is 1. The van der Waals surface area contributed by atoms with Gasteiger partial charge in [0, 0.05) is 17.1 Å². The van der Waals surface area contributed by atoms with Crippen molar-refractivity contribution in [3.8, 4) is 5.75 Å². The van der Waals surface area contributed by atoms with E-state index in [-0.39, 0.29) is 35.2 Å². The van der Waals surface area contributed by atoms with Gasteiger partial charge in [-0.05, 0) is 30.5 Å². The van der Waals surface area contributed by atoms with Gasteiger partial charge in [0.05, 0.1) is 6.42 Å². The third-order valence-corrected chi connectivity index (χ3v) is 3.77. The highest BCUT2D eigenvalue weighted by atomic mass is 32.2. The van der Waals surface area contributed by atoms with Gasteiger partial charge in [-0.25, -0.2) is 0 Å². The molecule has 6 N–H and O–H groups in total. The maximum atomic E-state index is 11.6. The predicted molar refractivity (Wildman–Crippen MR) is 84.4 cm³/mol. The summed E-state index contributed by atoms with van der Waals surface area (Å²) in [4.78, 5) is 22.0. The van der Waals surface area contributed by atoms with Crippen LogP contribution in [0.1, 0.15) is 13.3 Å². The molecule has 0 atom stereocenters. The number of carbonyl (C=O) groups excluding carboxylic acids is 2. The number of rotatable bonds is 4. The Morgan fingerprint density at radius 1 is 1.17 bits per heavy atom. The van der Waals surface area contributed by atoms with Gasteiger partial charge >= 0.3 is 0 Å². The normalized spacial score (nSPS) is 10.9. The number of amides is 1. The molecule has 0 heterocycles. The third-order valence-electron chi connectivity index (χ3n) is 2.87. The van der Waals surface area contributed by atoms with Gasteiger partial charge in [0.25, 0.3) is 10.1 Å². The first-order valence-electron chi connectivity index (χ1n) is 6.20. The molecule has 0 aliphatic rings. The summed E-state index contributed by atoms with van der Waals surface area (Å²) < 4.78 is 32.0. The van der Waals surface area contributed by atoms with E-state index in [1.54, 1.807) is 0 Å². The Hall–Kier alpha value is -2.49. The Labute approximate surface area is 132 Å². The number of nitrogens with one attached hydrogen (secondary N) is 1. The van der Waals surface area contributed by atoms with Crippen molar-refractivity contribution in [3.63, 3.8) is 0 Å². The number of anilines is 1. The van der Waals surface area contributed by atoms with E-state index in [1.165, 1.54) is 31.2 Å². The van der Waals surface area contributed by atoms with Crippen molar-refractivity contribution < 1.29 is 27.7 Å². The first-order chi connectivity index (χ1) is 10.2. The molecule has 0 saturated carbocycles. The summed E-state index contributed by atoms with van der Waals surface area (Å²) in [6.45, 7) is 1.28. The molecule has 0 aliphatic heterocycles. The molecule has 124 valence electrons.